The summed E-state index contributed by atoms with van der Waals surface area (Å²) in [5.74, 6) is -0.444. The van der Waals surface area contributed by atoms with Gasteiger partial charge < -0.3 is 10.3 Å². The van der Waals surface area contributed by atoms with Crippen LogP contribution < -0.4 is 5.32 Å². The Labute approximate surface area is 172 Å². The minimum Gasteiger partial charge on any atom is -0.361 e. The van der Waals surface area contributed by atoms with Crippen LogP contribution in [0.2, 0.25) is 0 Å². The van der Waals surface area contributed by atoms with E-state index in [0.717, 1.165) is 21.5 Å². The molecule has 5 rings (SSSR count). The molecule has 1 aliphatic rings. The lowest BCUT2D eigenvalue weighted by atomic mass is 9.83. The Balaban J connectivity index is 1.57. The van der Waals surface area contributed by atoms with Crippen LogP contribution in [0.25, 0.3) is 10.9 Å². The normalized spacial score (nSPS) is 15.8. The highest BCUT2D eigenvalue weighted by molar-refractivity contribution is 6.10. The van der Waals surface area contributed by atoms with E-state index in [-0.39, 0.29) is 0 Å². The molecule has 30 heavy (non-hydrogen) atoms. The monoisotopic (exact) mass is 394 g/mol. The predicted octanol–water partition coefficient (Wildman–Crippen LogP) is 4.00. The fourth-order valence-corrected chi connectivity index (χ4v) is 3.88. The number of H-pyrrole nitrogens is 1. The maximum absolute atomic E-state index is 13.6. The second kappa shape index (κ2) is 7.00. The van der Waals surface area contributed by atoms with Crippen LogP contribution in [0.3, 0.4) is 0 Å². The van der Waals surface area contributed by atoms with Gasteiger partial charge in [0, 0.05) is 22.7 Å². The third kappa shape index (κ3) is 2.69. The van der Waals surface area contributed by atoms with E-state index in [0.29, 0.717) is 11.1 Å². The van der Waals surface area contributed by atoms with Crippen molar-refractivity contribution in [3.05, 3.63) is 108 Å². The van der Waals surface area contributed by atoms with Gasteiger partial charge in [0.15, 0.2) is 5.54 Å². The number of hydrogen-bond acceptors (Lipinski definition) is 3. The van der Waals surface area contributed by atoms with Crippen LogP contribution in [0, 0.1) is 0 Å². The van der Waals surface area contributed by atoms with Gasteiger partial charge in [-0.2, -0.15) is 5.10 Å². The number of amides is 3. The Hall–Kier alpha value is -4.19. The summed E-state index contributed by atoms with van der Waals surface area (Å²) in [4.78, 5) is 29.6. The zero-order chi connectivity index (χ0) is 20.6. The van der Waals surface area contributed by atoms with Crippen molar-refractivity contribution in [1.29, 1.82) is 0 Å². The minimum atomic E-state index is -1.32. The summed E-state index contributed by atoms with van der Waals surface area (Å²) in [5, 5.41) is 9.00. The van der Waals surface area contributed by atoms with Gasteiger partial charge in [-0.1, -0.05) is 78.9 Å². The summed E-state index contributed by atoms with van der Waals surface area (Å²) in [6, 6.07) is 25.7. The second-order valence-electron chi connectivity index (χ2n) is 7.06. The Bertz CT molecular complexity index is 1220. The predicted molar refractivity (Wildman–Crippen MR) is 115 cm³/mol. The molecule has 1 fully saturated rings. The highest BCUT2D eigenvalue weighted by Gasteiger charge is 2.54. The van der Waals surface area contributed by atoms with E-state index in [1.807, 2.05) is 84.9 Å². The molecule has 0 bridgehead atoms. The molecule has 3 aromatic carbocycles. The molecular weight excluding hydrogens is 376 g/mol. The molecule has 6 nitrogen and oxygen atoms in total. The quantitative estimate of drug-likeness (QED) is 0.405. The maximum Gasteiger partial charge on any atom is 0.346 e. The van der Waals surface area contributed by atoms with Gasteiger partial charge in [0.25, 0.3) is 5.91 Å². The molecule has 1 saturated heterocycles. The number of para-hydroxylation sites is 1. The number of urea groups is 1. The third-order valence-corrected chi connectivity index (χ3v) is 5.35. The summed E-state index contributed by atoms with van der Waals surface area (Å²) in [5.41, 5.74) is 1.79. The molecule has 0 unspecified atom stereocenters. The molecule has 0 saturated carbocycles. The molecule has 1 aliphatic heterocycles. The number of carbonyl (C=O) groups is 2. The van der Waals surface area contributed by atoms with Crippen LogP contribution in [0.5, 0.6) is 0 Å². The van der Waals surface area contributed by atoms with Gasteiger partial charge in [0.2, 0.25) is 0 Å². The number of benzene rings is 3. The van der Waals surface area contributed by atoms with Crippen LogP contribution in [0.1, 0.15) is 16.7 Å². The van der Waals surface area contributed by atoms with E-state index in [2.05, 4.69) is 15.4 Å². The number of nitrogens with zero attached hydrogens (tertiary/aromatic N) is 2. The molecule has 0 aliphatic carbocycles. The molecule has 2 heterocycles. The average molecular weight is 394 g/mol. The van der Waals surface area contributed by atoms with Crippen molar-refractivity contribution in [1.82, 2.24) is 15.3 Å². The Morgan fingerprint density at radius 2 is 1.40 bits per heavy atom. The van der Waals surface area contributed by atoms with Crippen LogP contribution >= 0.6 is 0 Å². The van der Waals surface area contributed by atoms with Crippen molar-refractivity contribution in [3.8, 4) is 0 Å². The Kier molecular flexibility index (Phi) is 4.17. The van der Waals surface area contributed by atoms with Gasteiger partial charge >= 0.3 is 6.03 Å². The summed E-state index contributed by atoms with van der Waals surface area (Å²) < 4.78 is 0. The van der Waals surface area contributed by atoms with Crippen molar-refractivity contribution in [2.75, 3.05) is 0 Å². The maximum atomic E-state index is 13.6. The van der Waals surface area contributed by atoms with Crippen LogP contribution in [0.4, 0.5) is 4.79 Å². The number of imide groups is 1. The zero-order valence-corrected chi connectivity index (χ0v) is 15.9. The lowest BCUT2D eigenvalue weighted by Crippen LogP contribution is -2.44. The number of fused-ring (bicyclic) bond motifs is 1. The lowest BCUT2D eigenvalue weighted by Gasteiger charge is -2.27. The molecule has 2 N–H and O–H groups in total. The smallest absolute Gasteiger partial charge is 0.346 e. The number of rotatable bonds is 4. The van der Waals surface area contributed by atoms with Crippen molar-refractivity contribution < 1.29 is 9.59 Å². The van der Waals surface area contributed by atoms with Crippen molar-refractivity contribution in [2.45, 2.75) is 5.54 Å². The number of aromatic nitrogens is 1. The van der Waals surface area contributed by atoms with E-state index in [1.165, 1.54) is 6.21 Å². The van der Waals surface area contributed by atoms with Crippen LogP contribution in [-0.2, 0) is 10.3 Å². The summed E-state index contributed by atoms with van der Waals surface area (Å²) in [6.07, 6.45) is 3.33. The standard InChI is InChI=1S/C24H18N4O2/c29-22-24(18-9-3-1-4-10-18,19-11-5-2-6-12-19)27-23(30)28(22)26-16-17-15-25-21-14-8-7-13-20(17)21/h1-16,25H,(H,27,30)/b26-16+. The van der Waals surface area contributed by atoms with Crippen LogP contribution in [-0.4, -0.2) is 28.1 Å². The highest BCUT2D eigenvalue weighted by Crippen LogP contribution is 2.36. The van der Waals surface area contributed by atoms with E-state index in [1.54, 1.807) is 6.20 Å². The first-order chi connectivity index (χ1) is 14.7. The molecule has 0 spiro atoms. The topological polar surface area (TPSA) is 77.6 Å². The van der Waals surface area contributed by atoms with Gasteiger partial charge in [-0.05, 0) is 17.2 Å². The fraction of sp³-hybridized carbons (Fsp3) is 0.0417. The molecule has 6 heteroatoms. The number of carbonyl (C=O) groups excluding carboxylic acids is 2. The van der Waals surface area contributed by atoms with Crippen molar-refractivity contribution >= 4 is 29.1 Å². The largest absolute Gasteiger partial charge is 0.361 e. The number of hydrazone groups is 1. The van der Waals surface area contributed by atoms with Gasteiger partial charge in [-0.25, -0.2) is 4.79 Å². The average Bonchev–Trinajstić information content (AvgIpc) is 3.32. The van der Waals surface area contributed by atoms with E-state index in [4.69, 9.17) is 0 Å². The summed E-state index contributed by atoms with van der Waals surface area (Å²) >= 11 is 0. The Morgan fingerprint density at radius 1 is 0.800 bits per heavy atom. The molecular formula is C24H18N4O2. The van der Waals surface area contributed by atoms with Gasteiger partial charge in [0.05, 0.1) is 6.21 Å². The zero-order valence-electron chi connectivity index (χ0n) is 15.9. The molecule has 1 aromatic heterocycles. The second-order valence-corrected chi connectivity index (χ2v) is 7.06. The van der Waals surface area contributed by atoms with Crippen molar-refractivity contribution in [3.63, 3.8) is 0 Å². The molecule has 3 amide bonds. The van der Waals surface area contributed by atoms with Crippen molar-refractivity contribution in [2.24, 2.45) is 5.10 Å². The number of nitrogens with one attached hydrogen (secondary N) is 2. The van der Waals surface area contributed by atoms with Gasteiger partial charge in [-0.3, -0.25) is 4.79 Å². The number of aromatic amines is 1. The lowest BCUT2D eigenvalue weighted by molar-refractivity contribution is -0.130. The Morgan fingerprint density at radius 3 is 2.07 bits per heavy atom. The number of hydrogen-bond donors (Lipinski definition) is 2. The minimum absolute atomic E-state index is 0.444. The first-order valence-corrected chi connectivity index (χ1v) is 9.58. The van der Waals surface area contributed by atoms with Gasteiger partial charge in [0.1, 0.15) is 0 Å². The SMILES string of the molecule is O=C1NC(c2ccccc2)(c2ccccc2)C(=O)N1/N=C/c1c[nH]c2ccccc12. The molecule has 4 aromatic rings. The summed E-state index contributed by atoms with van der Waals surface area (Å²) in [7, 11) is 0. The molecule has 0 atom stereocenters. The van der Waals surface area contributed by atoms with E-state index < -0.39 is 17.5 Å². The first kappa shape index (κ1) is 17.9. The van der Waals surface area contributed by atoms with Gasteiger partial charge in [-0.15, -0.1) is 5.01 Å². The highest BCUT2D eigenvalue weighted by atomic mass is 16.2. The summed E-state index contributed by atoms with van der Waals surface area (Å²) in [6.45, 7) is 0. The van der Waals surface area contributed by atoms with E-state index in [9.17, 15) is 9.59 Å². The molecule has 146 valence electrons. The first-order valence-electron chi connectivity index (χ1n) is 9.58. The van der Waals surface area contributed by atoms with E-state index >= 15 is 0 Å². The third-order valence-electron chi connectivity index (χ3n) is 5.35. The van der Waals surface area contributed by atoms with Crippen LogP contribution in [0.15, 0.2) is 96.2 Å². The fourth-order valence-electron chi connectivity index (χ4n) is 3.88. The molecule has 0 radical (unpaired) electrons.